The number of nitrogens with one attached hydrogen (secondary N) is 1. The molecule has 0 radical (unpaired) electrons. The summed E-state index contributed by atoms with van der Waals surface area (Å²) in [6.07, 6.45) is -1.59. The summed E-state index contributed by atoms with van der Waals surface area (Å²) >= 11 is 0. The van der Waals surface area contributed by atoms with Gasteiger partial charge in [0.15, 0.2) is 35.5 Å². The van der Waals surface area contributed by atoms with Crippen LogP contribution in [0.25, 0.3) is 11.2 Å². The number of aromatic nitrogens is 4. The number of nitrogens with zero attached hydrogens (tertiary/aromatic N) is 4. The van der Waals surface area contributed by atoms with Gasteiger partial charge < -0.3 is 14.8 Å². The van der Waals surface area contributed by atoms with Crippen LogP contribution in [0.1, 0.15) is 40.2 Å². The lowest BCUT2D eigenvalue weighted by atomic mass is 10.1. The molecule has 3 heterocycles. The Balaban J connectivity index is 1.28. The maximum atomic E-state index is 15.9. The van der Waals surface area contributed by atoms with Crippen LogP contribution in [0.2, 0.25) is 0 Å². The number of hydrogen-bond donors (Lipinski definition) is 2. The normalized spacial score (nSPS) is 24.2. The quantitative estimate of drug-likeness (QED) is 0.302. The Bertz CT molecular complexity index is 1650. The number of alkyl halides is 1. The molecule has 0 bridgehead atoms. The summed E-state index contributed by atoms with van der Waals surface area (Å²) in [4.78, 5) is 25.8. The first-order valence-corrected chi connectivity index (χ1v) is 14.0. The number of fused-ring (bicyclic) bond motifs is 2. The Morgan fingerprint density at radius 1 is 1.12 bits per heavy atom. The van der Waals surface area contributed by atoms with Crippen molar-refractivity contribution in [2.75, 3.05) is 11.9 Å². The third-order valence-electron chi connectivity index (χ3n) is 6.99. The number of imidazole rings is 1. The summed E-state index contributed by atoms with van der Waals surface area (Å²) in [5.74, 6) is -0.334. The molecule has 2 aromatic heterocycles. The number of nitrogens with two attached hydrogens (primary N) is 1. The number of hydrogen-bond acceptors (Lipinski definition) is 10. The molecule has 40 heavy (non-hydrogen) atoms. The Labute approximate surface area is 228 Å². The summed E-state index contributed by atoms with van der Waals surface area (Å²) in [7, 11) is -4.37. The minimum atomic E-state index is -4.37. The summed E-state index contributed by atoms with van der Waals surface area (Å²) < 4.78 is 56.1. The molecule has 12 nitrogen and oxygen atoms in total. The largest absolute Gasteiger partial charge is 0.453 e. The average molecular weight is 569 g/mol. The molecule has 1 fully saturated rings. The Hall–Kier alpha value is -3.98. The van der Waals surface area contributed by atoms with Crippen molar-refractivity contribution < 1.29 is 31.3 Å². The number of rotatable bonds is 8. The molecule has 4 aromatic rings. The van der Waals surface area contributed by atoms with Crippen LogP contribution in [0, 0.1) is 0 Å². The van der Waals surface area contributed by atoms with Gasteiger partial charge in [0.25, 0.3) is 0 Å². The SMILES string of the molecule is NS(=O)(=O)OCC1OC(n2cnc3c(N[C@H]4CCc5ccccc54)ncnc32)C(F)C1OC(=O)c1ccccc1. The van der Waals surface area contributed by atoms with Gasteiger partial charge in [-0.3, -0.25) is 8.75 Å². The van der Waals surface area contributed by atoms with Crippen LogP contribution in [-0.4, -0.2) is 58.9 Å². The highest BCUT2D eigenvalue weighted by Gasteiger charge is 2.49. The standard InChI is InChI=1S/C26H25FN6O6S/c27-20-22(39-26(34)16-7-2-1-3-8-16)19(12-37-40(28,35)36)38-25(20)33-14-31-21-23(29-13-30-24(21)33)32-18-11-10-15-6-4-5-9-17(15)18/h1-9,13-14,18-20,22,25H,10-12H2,(H2,28,35,36)(H,29,30,32)/t18-,19?,20?,22?,25?/m0/s1. The van der Waals surface area contributed by atoms with Gasteiger partial charge in [-0.15, -0.1) is 0 Å². The Morgan fingerprint density at radius 3 is 2.70 bits per heavy atom. The van der Waals surface area contributed by atoms with Crippen molar-refractivity contribution in [2.45, 2.75) is 43.5 Å². The minimum Gasteiger partial charge on any atom is -0.453 e. The molecule has 3 N–H and O–H groups in total. The van der Waals surface area contributed by atoms with Crippen LogP contribution in [0.4, 0.5) is 10.2 Å². The van der Waals surface area contributed by atoms with Crippen LogP contribution in [-0.2, 0) is 30.4 Å². The highest BCUT2D eigenvalue weighted by molar-refractivity contribution is 7.84. The van der Waals surface area contributed by atoms with E-state index in [2.05, 4.69) is 36.6 Å². The molecule has 208 valence electrons. The fourth-order valence-electron chi connectivity index (χ4n) is 5.14. The maximum absolute atomic E-state index is 15.9. The van der Waals surface area contributed by atoms with E-state index in [0.29, 0.717) is 11.3 Å². The number of ether oxygens (including phenoxy) is 2. The molecule has 2 aromatic carbocycles. The molecular formula is C26H25FN6O6S. The van der Waals surface area contributed by atoms with Gasteiger partial charge in [-0.2, -0.15) is 8.42 Å². The van der Waals surface area contributed by atoms with E-state index in [4.69, 9.17) is 14.6 Å². The lowest BCUT2D eigenvalue weighted by molar-refractivity contribution is -0.0454. The van der Waals surface area contributed by atoms with E-state index in [1.54, 1.807) is 18.2 Å². The van der Waals surface area contributed by atoms with Gasteiger partial charge in [0.05, 0.1) is 24.5 Å². The Kier molecular flexibility index (Phi) is 6.92. The minimum absolute atomic E-state index is 0.0256. The summed E-state index contributed by atoms with van der Waals surface area (Å²) in [6.45, 7) is -0.669. The van der Waals surface area contributed by atoms with Crippen molar-refractivity contribution in [3.63, 3.8) is 0 Å². The van der Waals surface area contributed by atoms with Crippen LogP contribution in [0.3, 0.4) is 0 Å². The molecular weight excluding hydrogens is 543 g/mol. The summed E-state index contributed by atoms with van der Waals surface area (Å²) in [6, 6.07) is 16.2. The van der Waals surface area contributed by atoms with Gasteiger partial charge in [-0.1, -0.05) is 42.5 Å². The van der Waals surface area contributed by atoms with E-state index in [1.165, 1.54) is 40.5 Å². The predicted octanol–water partition coefficient (Wildman–Crippen LogP) is 2.61. The van der Waals surface area contributed by atoms with E-state index < -0.39 is 47.5 Å². The van der Waals surface area contributed by atoms with Gasteiger partial charge in [0.1, 0.15) is 12.4 Å². The molecule has 1 aliphatic heterocycles. The second-order valence-electron chi connectivity index (χ2n) is 9.50. The third-order valence-corrected chi connectivity index (χ3v) is 7.46. The van der Waals surface area contributed by atoms with Gasteiger partial charge in [-0.25, -0.2) is 29.3 Å². The van der Waals surface area contributed by atoms with Crippen molar-refractivity contribution in [3.05, 3.63) is 83.9 Å². The van der Waals surface area contributed by atoms with Gasteiger partial charge in [0, 0.05) is 0 Å². The average Bonchev–Trinajstić information content (AvgIpc) is 3.64. The zero-order valence-electron chi connectivity index (χ0n) is 21.0. The molecule has 0 spiro atoms. The monoisotopic (exact) mass is 568 g/mol. The molecule has 2 aliphatic rings. The molecule has 0 saturated carbocycles. The fraction of sp³-hybridized carbons (Fsp3) is 0.308. The van der Waals surface area contributed by atoms with E-state index in [0.717, 1.165) is 12.8 Å². The number of benzene rings is 2. The summed E-state index contributed by atoms with van der Waals surface area (Å²) in [5, 5.41) is 8.38. The lowest BCUT2D eigenvalue weighted by Gasteiger charge is -2.19. The predicted molar refractivity (Wildman–Crippen MR) is 140 cm³/mol. The number of anilines is 1. The second-order valence-corrected chi connectivity index (χ2v) is 10.7. The topological polar surface area (TPSA) is 161 Å². The highest BCUT2D eigenvalue weighted by Crippen LogP contribution is 2.38. The number of carbonyl (C=O) groups is 1. The van der Waals surface area contributed by atoms with Crippen molar-refractivity contribution in [3.8, 4) is 0 Å². The van der Waals surface area contributed by atoms with Crippen LogP contribution in [0.15, 0.2) is 67.3 Å². The third kappa shape index (κ3) is 5.13. The smallest absolute Gasteiger partial charge is 0.338 e. The maximum Gasteiger partial charge on any atom is 0.338 e. The second kappa shape index (κ2) is 10.5. The molecule has 1 saturated heterocycles. The number of aryl methyl sites for hydroxylation is 1. The van der Waals surface area contributed by atoms with Crippen LogP contribution >= 0.6 is 0 Å². The Morgan fingerprint density at radius 2 is 1.90 bits per heavy atom. The molecule has 6 rings (SSSR count). The number of esters is 1. The van der Waals surface area contributed by atoms with Gasteiger partial charge in [0.2, 0.25) is 0 Å². The van der Waals surface area contributed by atoms with E-state index in [-0.39, 0.29) is 17.3 Å². The molecule has 14 heteroatoms. The fourth-order valence-corrected chi connectivity index (χ4v) is 5.46. The molecule has 5 atom stereocenters. The van der Waals surface area contributed by atoms with Crippen molar-refractivity contribution >= 4 is 33.3 Å². The van der Waals surface area contributed by atoms with Gasteiger partial charge >= 0.3 is 16.3 Å². The molecule has 4 unspecified atom stereocenters. The zero-order valence-corrected chi connectivity index (χ0v) is 21.8. The summed E-state index contributed by atoms with van der Waals surface area (Å²) in [5.41, 5.74) is 3.30. The first-order valence-electron chi connectivity index (χ1n) is 12.5. The molecule has 0 amide bonds. The van der Waals surface area contributed by atoms with Gasteiger partial charge in [-0.05, 0) is 36.1 Å². The number of halogens is 1. The zero-order chi connectivity index (χ0) is 27.9. The van der Waals surface area contributed by atoms with Crippen LogP contribution < -0.4 is 10.5 Å². The van der Waals surface area contributed by atoms with E-state index in [1.807, 2.05) is 12.1 Å². The van der Waals surface area contributed by atoms with Crippen LogP contribution in [0.5, 0.6) is 0 Å². The first kappa shape index (κ1) is 26.3. The van der Waals surface area contributed by atoms with E-state index >= 15 is 4.39 Å². The van der Waals surface area contributed by atoms with Crippen molar-refractivity contribution in [1.82, 2.24) is 19.5 Å². The molecule has 1 aliphatic carbocycles. The first-order chi connectivity index (χ1) is 19.3. The highest BCUT2D eigenvalue weighted by atomic mass is 32.2. The number of carbonyl (C=O) groups excluding carboxylic acids is 1. The lowest BCUT2D eigenvalue weighted by Crippen LogP contribution is -2.37. The van der Waals surface area contributed by atoms with Crippen molar-refractivity contribution in [1.29, 1.82) is 0 Å². The van der Waals surface area contributed by atoms with Crippen molar-refractivity contribution in [2.24, 2.45) is 5.14 Å². The van der Waals surface area contributed by atoms with E-state index in [9.17, 15) is 13.2 Å².